The van der Waals surface area contributed by atoms with Crippen LogP contribution in [-0.2, 0) is 4.79 Å². The number of carbonyl (C=O) groups is 2. The standard InChI is InChI=1S/C18H24N6O2/c19-17(25)15-5-2-8-23(11-15)9-3-7-20-18(26)14-4-1-6-16(10-14)24-12-21-22-13-24/h1,4,6,10,12-13,15H,2-3,5,7-9,11H2,(H2,19,25)(H,20,26)/t15-/m1/s1. The SMILES string of the molecule is NC(=O)[C@@H]1CCCN(CCCNC(=O)c2cccc(-n3cnnc3)c2)C1. The van der Waals surface area contributed by atoms with Gasteiger partial charge in [0.1, 0.15) is 12.7 Å². The van der Waals surface area contributed by atoms with Crippen LogP contribution < -0.4 is 11.1 Å². The lowest BCUT2D eigenvalue weighted by molar-refractivity contribution is -0.123. The monoisotopic (exact) mass is 356 g/mol. The summed E-state index contributed by atoms with van der Waals surface area (Å²) in [5, 5.41) is 10.5. The first-order chi connectivity index (χ1) is 12.6. The lowest BCUT2D eigenvalue weighted by Crippen LogP contribution is -2.42. The van der Waals surface area contributed by atoms with Crippen molar-refractivity contribution in [2.75, 3.05) is 26.2 Å². The normalized spacial score (nSPS) is 17.8. The highest BCUT2D eigenvalue weighted by Gasteiger charge is 2.23. The molecule has 1 aliphatic rings. The van der Waals surface area contributed by atoms with Gasteiger partial charge in [-0.1, -0.05) is 6.07 Å². The molecule has 1 aromatic heterocycles. The molecule has 0 saturated carbocycles. The van der Waals surface area contributed by atoms with Crippen LogP contribution in [0, 0.1) is 5.92 Å². The summed E-state index contributed by atoms with van der Waals surface area (Å²) in [7, 11) is 0. The zero-order valence-corrected chi connectivity index (χ0v) is 14.7. The van der Waals surface area contributed by atoms with Crippen LogP contribution in [0.2, 0.25) is 0 Å². The van der Waals surface area contributed by atoms with E-state index in [2.05, 4.69) is 20.4 Å². The highest BCUT2D eigenvalue weighted by molar-refractivity contribution is 5.94. The van der Waals surface area contributed by atoms with Gasteiger partial charge in [0, 0.05) is 24.3 Å². The van der Waals surface area contributed by atoms with E-state index < -0.39 is 0 Å². The van der Waals surface area contributed by atoms with Gasteiger partial charge >= 0.3 is 0 Å². The minimum absolute atomic E-state index is 0.0428. The molecule has 3 rings (SSSR count). The van der Waals surface area contributed by atoms with Crippen molar-refractivity contribution in [1.82, 2.24) is 25.0 Å². The van der Waals surface area contributed by atoms with E-state index in [4.69, 9.17) is 5.73 Å². The van der Waals surface area contributed by atoms with Gasteiger partial charge in [-0.25, -0.2) is 0 Å². The Kier molecular flexibility index (Phi) is 5.96. The molecule has 1 fully saturated rings. The van der Waals surface area contributed by atoms with Crippen LogP contribution in [0.3, 0.4) is 0 Å². The van der Waals surface area contributed by atoms with Gasteiger partial charge in [-0.3, -0.25) is 14.2 Å². The van der Waals surface area contributed by atoms with Crippen LogP contribution >= 0.6 is 0 Å². The Morgan fingerprint density at radius 1 is 1.27 bits per heavy atom. The van der Waals surface area contributed by atoms with Crippen molar-refractivity contribution in [3.63, 3.8) is 0 Å². The zero-order chi connectivity index (χ0) is 18.4. The minimum Gasteiger partial charge on any atom is -0.369 e. The third-order valence-corrected chi connectivity index (χ3v) is 4.67. The first-order valence-electron chi connectivity index (χ1n) is 8.88. The largest absolute Gasteiger partial charge is 0.369 e. The Morgan fingerprint density at radius 2 is 2.08 bits per heavy atom. The molecule has 0 bridgehead atoms. The van der Waals surface area contributed by atoms with Crippen molar-refractivity contribution in [2.24, 2.45) is 11.7 Å². The lowest BCUT2D eigenvalue weighted by Gasteiger charge is -2.31. The van der Waals surface area contributed by atoms with Gasteiger partial charge in [0.15, 0.2) is 0 Å². The van der Waals surface area contributed by atoms with E-state index >= 15 is 0 Å². The molecule has 2 amide bonds. The van der Waals surface area contributed by atoms with Crippen molar-refractivity contribution in [3.05, 3.63) is 42.5 Å². The summed E-state index contributed by atoms with van der Waals surface area (Å²) in [5.41, 5.74) is 6.84. The van der Waals surface area contributed by atoms with Gasteiger partial charge < -0.3 is 16.0 Å². The van der Waals surface area contributed by atoms with Crippen LogP contribution in [0.25, 0.3) is 5.69 Å². The lowest BCUT2D eigenvalue weighted by atomic mass is 9.97. The molecule has 1 aromatic carbocycles. The summed E-state index contributed by atoms with van der Waals surface area (Å²) in [5.74, 6) is -0.358. The van der Waals surface area contributed by atoms with Gasteiger partial charge in [-0.2, -0.15) is 0 Å². The quantitative estimate of drug-likeness (QED) is 0.706. The molecule has 1 atom stereocenters. The smallest absolute Gasteiger partial charge is 0.251 e. The Hall–Kier alpha value is -2.74. The maximum absolute atomic E-state index is 12.3. The van der Waals surface area contributed by atoms with Gasteiger partial charge in [0.25, 0.3) is 5.91 Å². The maximum atomic E-state index is 12.3. The molecule has 2 heterocycles. The highest BCUT2D eigenvalue weighted by Crippen LogP contribution is 2.16. The molecular weight excluding hydrogens is 332 g/mol. The second kappa shape index (κ2) is 8.57. The second-order valence-electron chi connectivity index (χ2n) is 6.57. The summed E-state index contributed by atoms with van der Waals surface area (Å²) >= 11 is 0. The molecule has 138 valence electrons. The number of piperidine rings is 1. The molecule has 0 spiro atoms. The Bertz CT molecular complexity index is 746. The summed E-state index contributed by atoms with van der Waals surface area (Å²) < 4.78 is 1.75. The van der Waals surface area contributed by atoms with E-state index in [1.165, 1.54) is 0 Å². The molecule has 2 aromatic rings. The second-order valence-corrected chi connectivity index (χ2v) is 6.57. The third kappa shape index (κ3) is 4.66. The number of hydrogen-bond acceptors (Lipinski definition) is 5. The Balaban J connectivity index is 1.44. The van der Waals surface area contributed by atoms with E-state index in [-0.39, 0.29) is 17.7 Å². The van der Waals surface area contributed by atoms with E-state index in [0.29, 0.717) is 12.1 Å². The number of nitrogens with two attached hydrogens (primary N) is 1. The molecule has 1 saturated heterocycles. The third-order valence-electron chi connectivity index (χ3n) is 4.67. The van der Waals surface area contributed by atoms with Crippen molar-refractivity contribution >= 4 is 11.8 Å². The first-order valence-corrected chi connectivity index (χ1v) is 8.88. The summed E-state index contributed by atoms with van der Waals surface area (Å²) in [6.07, 6.45) is 5.90. The fourth-order valence-corrected chi connectivity index (χ4v) is 3.24. The molecule has 3 N–H and O–H groups in total. The van der Waals surface area contributed by atoms with E-state index in [9.17, 15) is 9.59 Å². The van der Waals surface area contributed by atoms with Gasteiger partial charge in [0.2, 0.25) is 5.91 Å². The van der Waals surface area contributed by atoms with Crippen LogP contribution in [0.1, 0.15) is 29.6 Å². The van der Waals surface area contributed by atoms with E-state index in [1.807, 2.05) is 12.1 Å². The topological polar surface area (TPSA) is 106 Å². The number of nitrogens with one attached hydrogen (secondary N) is 1. The molecule has 8 nitrogen and oxygen atoms in total. The average molecular weight is 356 g/mol. The fraction of sp³-hybridized carbons (Fsp3) is 0.444. The Morgan fingerprint density at radius 3 is 2.85 bits per heavy atom. The molecule has 0 radical (unpaired) electrons. The molecular formula is C18H24N6O2. The molecule has 26 heavy (non-hydrogen) atoms. The van der Waals surface area contributed by atoms with Gasteiger partial charge in [-0.05, 0) is 50.6 Å². The number of likely N-dealkylation sites (tertiary alicyclic amines) is 1. The maximum Gasteiger partial charge on any atom is 0.251 e. The summed E-state index contributed by atoms with van der Waals surface area (Å²) in [4.78, 5) is 25.9. The fourth-order valence-electron chi connectivity index (χ4n) is 3.24. The zero-order valence-electron chi connectivity index (χ0n) is 14.7. The van der Waals surface area contributed by atoms with Crippen LogP contribution in [0.15, 0.2) is 36.9 Å². The van der Waals surface area contributed by atoms with Crippen molar-refractivity contribution in [3.8, 4) is 5.69 Å². The number of benzene rings is 1. The summed E-state index contributed by atoms with van der Waals surface area (Å²) in [6.45, 7) is 3.15. The number of nitrogens with zero attached hydrogens (tertiary/aromatic N) is 4. The predicted octanol–water partition coefficient (Wildman–Crippen LogP) is 0.585. The average Bonchev–Trinajstić information content (AvgIpc) is 3.20. The van der Waals surface area contributed by atoms with Gasteiger partial charge in [-0.15, -0.1) is 10.2 Å². The Labute approximate surface area is 152 Å². The number of rotatable bonds is 7. The predicted molar refractivity (Wildman–Crippen MR) is 96.7 cm³/mol. The van der Waals surface area contributed by atoms with Crippen LogP contribution in [-0.4, -0.2) is 57.7 Å². The highest BCUT2D eigenvalue weighted by atomic mass is 16.2. The molecule has 8 heteroatoms. The molecule has 0 unspecified atom stereocenters. The van der Waals surface area contributed by atoms with Crippen molar-refractivity contribution in [2.45, 2.75) is 19.3 Å². The van der Waals surface area contributed by atoms with Crippen LogP contribution in [0.4, 0.5) is 0 Å². The number of amides is 2. The number of aromatic nitrogens is 3. The van der Waals surface area contributed by atoms with Crippen molar-refractivity contribution < 1.29 is 9.59 Å². The minimum atomic E-state index is -0.212. The van der Waals surface area contributed by atoms with Crippen molar-refractivity contribution in [1.29, 1.82) is 0 Å². The number of primary amides is 1. The summed E-state index contributed by atoms with van der Waals surface area (Å²) in [6, 6.07) is 7.32. The number of hydrogen-bond donors (Lipinski definition) is 2. The number of carbonyl (C=O) groups excluding carboxylic acids is 2. The van der Waals surface area contributed by atoms with E-state index in [1.54, 1.807) is 29.4 Å². The molecule has 1 aliphatic heterocycles. The molecule has 0 aliphatic carbocycles. The van der Waals surface area contributed by atoms with Crippen LogP contribution in [0.5, 0.6) is 0 Å². The van der Waals surface area contributed by atoms with E-state index in [0.717, 1.165) is 44.6 Å². The van der Waals surface area contributed by atoms with Gasteiger partial charge in [0.05, 0.1) is 5.92 Å². The first kappa shape index (κ1) is 18.1.